The van der Waals surface area contributed by atoms with Gasteiger partial charge in [-0.3, -0.25) is 0 Å². The predicted molar refractivity (Wildman–Crippen MR) is 69.2 cm³/mol. The number of benzene rings is 1. The Balaban J connectivity index is 2.98. The van der Waals surface area contributed by atoms with Gasteiger partial charge in [0.1, 0.15) is 6.61 Å². The van der Waals surface area contributed by atoms with Gasteiger partial charge in [-0.15, -0.1) is 5.11 Å². The topological polar surface area (TPSA) is 80.5 Å². The number of carbonyl (C=O) groups is 1. The molecule has 0 atom stereocenters. The van der Waals surface area contributed by atoms with E-state index >= 15 is 0 Å². The first-order chi connectivity index (χ1) is 9.08. The van der Waals surface area contributed by atoms with E-state index in [4.69, 9.17) is 4.74 Å². The number of carbonyl (C=O) groups excluding carboxylic acids is 1. The first kappa shape index (κ1) is 14.8. The number of hydrogen-bond donors (Lipinski definition) is 1. The van der Waals surface area contributed by atoms with Crippen LogP contribution in [0.3, 0.4) is 0 Å². The lowest BCUT2D eigenvalue weighted by Gasteiger charge is -2.03. The molecule has 0 saturated heterocycles. The number of rotatable bonds is 5. The summed E-state index contributed by atoms with van der Waals surface area (Å²) in [6, 6.07) is 7.23. The highest BCUT2D eigenvalue weighted by Crippen LogP contribution is 2.16. The van der Waals surface area contributed by atoms with Crippen molar-refractivity contribution in [3.8, 4) is 0 Å². The van der Waals surface area contributed by atoms with Gasteiger partial charge < -0.3 is 14.6 Å². The summed E-state index contributed by atoms with van der Waals surface area (Å²) < 4.78 is 9.25. The van der Waals surface area contributed by atoms with Gasteiger partial charge in [0.2, 0.25) is 5.70 Å². The Morgan fingerprint density at radius 2 is 1.89 bits per heavy atom. The Bertz CT molecular complexity index is 492. The molecule has 1 aromatic rings. The lowest BCUT2D eigenvalue weighted by Crippen LogP contribution is -2.08. The van der Waals surface area contributed by atoms with Gasteiger partial charge in [-0.2, -0.15) is 5.11 Å². The fraction of sp³-hybridized carbons (Fsp3) is 0.308. The number of hydrogen-bond acceptors (Lipinski definition) is 6. The predicted octanol–water partition coefficient (Wildman–Crippen LogP) is 2.67. The number of aliphatic hydroxyl groups excluding tert-OH is 1. The molecule has 1 rings (SSSR count). The molecule has 6 heteroatoms. The van der Waals surface area contributed by atoms with Gasteiger partial charge in [-0.1, -0.05) is 17.7 Å². The third kappa shape index (κ3) is 4.51. The molecule has 1 N–H and O–H groups in total. The van der Waals surface area contributed by atoms with Crippen LogP contribution in [0.1, 0.15) is 5.56 Å². The van der Waals surface area contributed by atoms with Crippen molar-refractivity contribution in [3.63, 3.8) is 0 Å². The molecule has 0 aliphatic rings. The number of methoxy groups -OCH3 is 2. The van der Waals surface area contributed by atoms with Crippen LogP contribution in [0.15, 0.2) is 46.0 Å². The van der Waals surface area contributed by atoms with E-state index in [9.17, 15) is 9.90 Å². The highest BCUT2D eigenvalue weighted by molar-refractivity contribution is 5.88. The number of nitrogens with zero attached hydrogens (tertiary/aromatic N) is 2. The van der Waals surface area contributed by atoms with E-state index in [2.05, 4.69) is 15.0 Å². The average molecular weight is 264 g/mol. The van der Waals surface area contributed by atoms with Crippen LogP contribution in [0.5, 0.6) is 0 Å². The second-order valence-corrected chi connectivity index (χ2v) is 3.76. The lowest BCUT2D eigenvalue weighted by atomic mass is 10.2. The smallest absolute Gasteiger partial charge is 0.362 e. The monoisotopic (exact) mass is 264 g/mol. The van der Waals surface area contributed by atoms with Crippen molar-refractivity contribution < 1.29 is 19.4 Å². The molecule has 0 saturated carbocycles. The second kappa shape index (κ2) is 7.27. The minimum absolute atomic E-state index is 0.142. The zero-order valence-electron chi connectivity index (χ0n) is 11.1. The van der Waals surface area contributed by atoms with Crippen molar-refractivity contribution in [1.29, 1.82) is 0 Å². The molecule has 0 amide bonds. The minimum Gasteiger partial charge on any atom is -0.507 e. The van der Waals surface area contributed by atoms with E-state index in [-0.39, 0.29) is 18.1 Å². The SMILES string of the molecule is COC/C(O)=C(/N=Nc1ccc(C)cc1)C(=O)OC. The van der Waals surface area contributed by atoms with Gasteiger partial charge in [0.15, 0.2) is 5.76 Å². The third-order valence-corrected chi connectivity index (χ3v) is 2.23. The third-order valence-electron chi connectivity index (χ3n) is 2.23. The molecule has 6 nitrogen and oxygen atoms in total. The molecule has 19 heavy (non-hydrogen) atoms. The number of ether oxygens (including phenoxy) is 2. The maximum absolute atomic E-state index is 11.5. The quantitative estimate of drug-likeness (QED) is 0.383. The van der Waals surface area contributed by atoms with E-state index in [1.54, 1.807) is 12.1 Å². The molecule has 0 heterocycles. The van der Waals surface area contributed by atoms with Crippen molar-refractivity contribution in [2.75, 3.05) is 20.8 Å². The molecule has 0 spiro atoms. The highest BCUT2D eigenvalue weighted by Gasteiger charge is 2.15. The molecular weight excluding hydrogens is 248 g/mol. The molecule has 0 unspecified atom stereocenters. The molecule has 0 radical (unpaired) electrons. The standard InChI is InChI=1S/C13H16N2O4/c1-9-4-6-10(7-5-9)14-15-12(13(17)19-3)11(16)8-18-2/h4-7,16H,8H2,1-3H3/b12-11-,15-14?. The van der Waals surface area contributed by atoms with Gasteiger partial charge in [-0.25, -0.2) is 4.79 Å². The summed E-state index contributed by atoms with van der Waals surface area (Å²) in [4.78, 5) is 11.5. The fourth-order valence-electron chi connectivity index (χ4n) is 1.24. The van der Waals surface area contributed by atoms with Crippen molar-refractivity contribution in [2.24, 2.45) is 10.2 Å². The van der Waals surface area contributed by atoms with E-state index in [0.29, 0.717) is 5.69 Å². The van der Waals surface area contributed by atoms with Gasteiger partial charge in [0.25, 0.3) is 0 Å². The normalized spacial score (nSPS) is 12.4. The largest absolute Gasteiger partial charge is 0.507 e. The second-order valence-electron chi connectivity index (χ2n) is 3.76. The van der Waals surface area contributed by atoms with Crippen LogP contribution in [0, 0.1) is 6.92 Å². The fourth-order valence-corrected chi connectivity index (χ4v) is 1.24. The molecule has 102 valence electrons. The van der Waals surface area contributed by atoms with Crippen molar-refractivity contribution in [3.05, 3.63) is 41.3 Å². The number of azo groups is 1. The molecule has 0 aliphatic carbocycles. The summed E-state index contributed by atoms with van der Waals surface area (Å²) in [6.07, 6.45) is 0. The molecule has 1 aromatic carbocycles. The summed E-state index contributed by atoms with van der Waals surface area (Å²) in [5.41, 5.74) is 1.38. The summed E-state index contributed by atoms with van der Waals surface area (Å²) in [7, 11) is 2.59. The Morgan fingerprint density at radius 3 is 2.42 bits per heavy atom. The van der Waals surface area contributed by atoms with Crippen molar-refractivity contribution in [1.82, 2.24) is 0 Å². The molecule has 0 bridgehead atoms. The van der Waals surface area contributed by atoms with E-state index in [0.717, 1.165) is 5.56 Å². The Labute approximate surface area is 111 Å². The van der Waals surface area contributed by atoms with Crippen molar-refractivity contribution in [2.45, 2.75) is 6.92 Å². The van der Waals surface area contributed by atoms with E-state index in [1.807, 2.05) is 19.1 Å². The van der Waals surface area contributed by atoms with Crippen LogP contribution in [0.4, 0.5) is 5.69 Å². The van der Waals surface area contributed by atoms with Gasteiger partial charge >= 0.3 is 5.97 Å². The summed E-state index contributed by atoms with van der Waals surface area (Å²) in [5, 5.41) is 17.2. The first-order valence-electron chi connectivity index (χ1n) is 5.56. The Kier molecular flexibility index (Phi) is 5.69. The Morgan fingerprint density at radius 1 is 1.26 bits per heavy atom. The summed E-state index contributed by atoms with van der Waals surface area (Å²) >= 11 is 0. The van der Waals surface area contributed by atoms with Crippen molar-refractivity contribution >= 4 is 11.7 Å². The van der Waals surface area contributed by atoms with Crippen LogP contribution in [0.25, 0.3) is 0 Å². The Hall–Kier alpha value is -2.21. The zero-order valence-corrected chi connectivity index (χ0v) is 11.1. The van der Waals surface area contributed by atoms with Crippen LogP contribution < -0.4 is 0 Å². The van der Waals surface area contributed by atoms with E-state index < -0.39 is 5.97 Å². The number of aliphatic hydroxyl groups is 1. The minimum atomic E-state index is -0.773. The van der Waals surface area contributed by atoms with E-state index in [1.165, 1.54) is 14.2 Å². The molecular formula is C13H16N2O4. The molecule has 0 fully saturated rings. The lowest BCUT2D eigenvalue weighted by molar-refractivity contribution is -0.136. The summed E-state index contributed by atoms with van der Waals surface area (Å²) in [6.45, 7) is 1.81. The molecule has 0 aliphatic heterocycles. The van der Waals surface area contributed by atoms with Gasteiger partial charge in [0, 0.05) is 7.11 Å². The van der Waals surface area contributed by atoms with Crippen LogP contribution in [-0.2, 0) is 14.3 Å². The van der Waals surface area contributed by atoms with Crippen LogP contribution in [-0.4, -0.2) is 31.9 Å². The van der Waals surface area contributed by atoms with Crippen LogP contribution in [0.2, 0.25) is 0 Å². The highest BCUT2D eigenvalue weighted by atomic mass is 16.5. The number of esters is 1. The maximum Gasteiger partial charge on any atom is 0.362 e. The number of aryl methyl sites for hydroxylation is 1. The maximum atomic E-state index is 11.5. The van der Waals surface area contributed by atoms with Crippen LogP contribution >= 0.6 is 0 Å². The average Bonchev–Trinajstić information content (AvgIpc) is 2.41. The summed E-state index contributed by atoms with van der Waals surface area (Å²) in [5.74, 6) is -1.10. The first-order valence-corrected chi connectivity index (χ1v) is 5.56. The van der Waals surface area contributed by atoms with Gasteiger partial charge in [-0.05, 0) is 19.1 Å². The zero-order chi connectivity index (χ0) is 14.3. The molecule has 0 aromatic heterocycles. The van der Waals surface area contributed by atoms with Gasteiger partial charge in [0.05, 0.1) is 12.8 Å².